The van der Waals surface area contributed by atoms with E-state index < -0.39 is 5.97 Å². The van der Waals surface area contributed by atoms with Gasteiger partial charge in [-0.15, -0.1) is 0 Å². The van der Waals surface area contributed by atoms with Crippen LogP contribution in [0.2, 0.25) is 0 Å². The van der Waals surface area contributed by atoms with E-state index in [0.717, 1.165) is 19.5 Å². The molecule has 1 heterocycles. The highest BCUT2D eigenvalue weighted by atomic mass is 16.4. The molecule has 0 saturated carbocycles. The van der Waals surface area contributed by atoms with E-state index in [1.165, 1.54) is 5.56 Å². The fourth-order valence-electron chi connectivity index (χ4n) is 2.60. The van der Waals surface area contributed by atoms with Gasteiger partial charge in [-0.25, -0.2) is 0 Å². The second-order valence-corrected chi connectivity index (χ2v) is 5.19. The van der Waals surface area contributed by atoms with E-state index in [-0.39, 0.29) is 12.0 Å². The van der Waals surface area contributed by atoms with Crippen molar-refractivity contribution in [3.63, 3.8) is 0 Å². The molecule has 1 aliphatic rings. The fraction of sp³-hybridized carbons (Fsp3) is 0.467. The predicted octanol–water partition coefficient (Wildman–Crippen LogP) is 2.24. The van der Waals surface area contributed by atoms with Gasteiger partial charge in [0, 0.05) is 12.6 Å². The molecule has 19 heavy (non-hydrogen) atoms. The first-order valence-corrected chi connectivity index (χ1v) is 6.56. The number of rotatable bonds is 3. The zero-order valence-electron chi connectivity index (χ0n) is 11.0. The van der Waals surface area contributed by atoms with Crippen LogP contribution in [0, 0.1) is 17.2 Å². The van der Waals surface area contributed by atoms with Gasteiger partial charge in [-0.2, -0.15) is 5.26 Å². The number of hydrogen-bond donors (Lipinski definition) is 1. The minimum Gasteiger partial charge on any atom is -0.481 e. The van der Waals surface area contributed by atoms with Gasteiger partial charge in [0.25, 0.3) is 0 Å². The van der Waals surface area contributed by atoms with Crippen molar-refractivity contribution in [2.45, 2.75) is 32.4 Å². The summed E-state index contributed by atoms with van der Waals surface area (Å²) in [5, 5.41) is 17.8. The first-order chi connectivity index (χ1) is 9.10. The summed E-state index contributed by atoms with van der Waals surface area (Å²) < 4.78 is 0. The quantitative estimate of drug-likeness (QED) is 0.903. The Hall–Kier alpha value is -1.86. The van der Waals surface area contributed by atoms with Gasteiger partial charge in [0.15, 0.2) is 0 Å². The van der Waals surface area contributed by atoms with Crippen LogP contribution in [0.1, 0.15) is 30.9 Å². The normalized spacial score (nSPS) is 23.8. The SMILES string of the molecule is CC1CC(C(=O)O)CCN1Cc1ccc(C#N)cc1. The maximum atomic E-state index is 11.0. The van der Waals surface area contributed by atoms with E-state index in [1.54, 1.807) is 0 Å². The van der Waals surface area contributed by atoms with Crippen LogP contribution in [-0.4, -0.2) is 28.6 Å². The van der Waals surface area contributed by atoms with Gasteiger partial charge in [0.2, 0.25) is 0 Å². The summed E-state index contributed by atoms with van der Waals surface area (Å²) in [6.45, 7) is 3.72. The topological polar surface area (TPSA) is 64.3 Å². The summed E-state index contributed by atoms with van der Waals surface area (Å²) in [5.74, 6) is -0.878. The van der Waals surface area contributed by atoms with Crippen LogP contribution in [0.4, 0.5) is 0 Å². The largest absolute Gasteiger partial charge is 0.481 e. The van der Waals surface area contributed by atoms with Crippen molar-refractivity contribution in [3.8, 4) is 6.07 Å². The highest BCUT2D eigenvalue weighted by Gasteiger charge is 2.29. The Morgan fingerprint density at radius 2 is 2.16 bits per heavy atom. The van der Waals surface area contributed by atoms with E-state index in [1.807, 2.05) is 24.3 Å². The average Bonchev–Trinajstić information content (AvgIpc) is 2.41. The Morgan fingerprint density at radius 1 is 1.47 bits per heavy atom. The molecule has 1 aromatic carbocycles. The molecular weight excluding hydrogens is 240 g/mol. The van der Waals surface area contributed by atoms with Crippen molar-refractivity contribution >= 4 is 5.97 Å². The molecule has 2 atom stereocenters. The van der Waals surface area contributed by atoms with Crippen LogP contribution in [0.5, 0.6) is 0 Å². The van der Waals surface area contributed by atoms with Crippen molar-refractivity contribution in [1.29, 1.82) is 5.26 Å². The van der Waals surface area contributed by atoms with Crippen molar-refractivity contribution in [3.05, 3.63) is 35.4 Å². The lowest BCUT2D eigenvalue weighted by Crippen LogP contribution is -2.42. The van der Waals surface area contributed by atoms with E-state index in [0.29, 0.717) is 12.0 Å². The lowest BCUT2D eigenvalue weighted by Gasteiger charge is -2.36. The fourth-order valence-corrected chi connectivity index (χ4v) is 2.60. The van der Waals surface area contributed by atoms with Crippen molar-refractivity contribution in [2.24, 2.45) is 5.92 Å². The molecule has 1 fully saturated rings. The Kier molecular flexibility index (Phi) is 4.18. The predicted molar refractivity (Wildman–Crippen MR) is 71.4 cm³/mol. The first kappa shape index (κ1) is 13.6. The number of piperidine rings is 1. The second-order valence-electron chi connectivity index (χ2n) is 5.19. The third kappa shape index (κ3) is 3.33. The third-order valence-corrected chi connectivity index (χ3v) is 3.83. The summed E-state index contributed by atoms with van der Waals surface area (Å²) in [6.07, 6.45) is 1.43. The molecule has 0 aromatic heterocycles. The van der Waals surface area contributed by atoms with E-state index >= 15 is 0 Å². The number of nitriles is 1. The summed E-state index contributed by atoms with van der Waals surface area (Å²) in [7, 11) is 0. The van der Waals surface area contributed by atoms with Gasteiger partial charge in [0.1, 0.15) is 0 Å². The van der Waals surface area contributed by atoms with Crippen LogP contribution in [0.25, 0.3) is 0 Å². The maximum Gasteiger partial charge on any atom is 0.306 e. The Morgan fingerprint density at radius 3 is 2.68 bits per heavy atom. The second kappa shape index (κ2) is 5.85. The zero-order valence-corrected chi connectivity index (χ0v) is 11.0. The molecule has 4 nitrogen and oxygen atoms in total. The molecular formula is C15H18N2O2. The van der Waals surface area contributed by atoms with Gasteiger partial charge in [-0.3, -0.25) is 9.69 Å². The molecule has 0 amide bonds. The van der Waals surface area contributed by atoms with Gasteiger partial charge in [-0.05, 0) is 44.0 Å². The maximum absolute atomic E-state index is 11.0. The third-order valence-electron chi connectivity index (χ3n) is 3.83. The highest BCUT2D eigenvalue weighted by Crippen LogP contribution is 2.24. The minimum atomic E-state index is -0.676. The van der Waals surface area contributed by atoms with Crippen LogP contribution >= 0.6 is 0 Å². The molecule has 0 radical (unpaired) electrons. The Balaban J connectivity index is 1.96. The molecule has 100 valence electrons. The lowest BCUT2D eigenvalue weighted by molar-refractivity contribution is -0.144. The van der Waals surface area contributed by atoms with Crippen molar-refractivity contribution in [1.82, 2.24) is 4.90 Å². The number of aliphatic carboxylic acids is 1. The van der Waals surface area contributed by atoms with Crippen molar-refractivity contribution < 1.29 is 9.90 Å². The number of hydrogen-bond acceptors (Lipinski definition) is 3. The molecule has 1 N–H and O–H groups in total. The van der Waals surface area contributed by atoms with Crippen LogP contribution < -0.4 is 0 Å². The molecule has 4 heteroatoms. The van der Waals surface area contributed by atoms with Gasteiger partial charge < -0.3 is 5.11 Å². The number of carboxylic acids is 1. The summed E-state index contributed by atoms with van der Waals surface area (Å²) in [4.78, 5) is 13.3. The molecule has 1 saturated heterocycles. The number of carbonyl (C=O) groups is 1. The number of likely N-dealkylation sites (tertiary alicyclic amines) is 1. The van der Waals surface area contributed by atoms with E-state index in [9.17, 15) is 4.79 Å². The molecule has 1 aliphatic heterocycles. The van der Waals surface area contributed by atoms with Crippen LogP contribution in [-0.2, 0) is 11.3 Å². The Bertz CT molecular complexity index is 490. The van der Waals surface area contributed by atoms with Gasteiger partial charge in [-0.1, -0.05) is 12.1 Å². The summed E-state index contributed by atoms with van der Waals surface area (Å²) in [6, 6.07) is 9.97. The molecule has 0 bridgehead atoms. The smallest absolute Gasteiger partial charge is 0.306 e. The lowest BCUT2D eigenvalue weighted by atomic mass is 9.91. The summed E-state index contributed by atoms with van der Waals surface area (Å²) >= 11 is 0. The number of benzene rings is 1. The van der Waals surface area contributed by atoms with Crippen LogP contribution in [0.3, 0.4) is 0 Å². The summed E-state index contributed by atoms with van der Waals surface area (Å²) in [5.41, 5.74) is 1.83. The van der Waals surface area contributed by atoms with Gasteiger partial charge >= 0.3 is 5.97 Å². The standard InChI is InChI=1S/C15H18N2O2/c1-11-8-14(15(18)19)6-7-17(11)10-13-4-2-12(9-16)3-5-13/h2-5,11,14H,6-8,10H2,1H3,(H,18,19). The average molecular weight is 258 g/mol. The monoisotopic (exact) mass is 258 g/mol. The van der Waals surface area contributed by atoms with Crippen LogP contribution in [0.15, 0.2) is 24.3 Å². The van der Waals surface area contributed by atoms with E-state index in [2.05, 4.69) is 17.9 Å². The molecule has 2 rings (SSSR count). The number of nitrogens with zero attached hydrogens (tertiary/aromatic N) is 2. The molecule has 0 aliphatic carbocycles. The zero-order chi connectivity index (χ0) is 13.8. The van der Waals surface area contributed by atoms with E-state index in [4.69, 9.17) is 10.4 Å². The first-order valence-electron chi connectivity index (χ1n) is 6.56. The van der Waals surface area contributed by atoms with Gasteiger partial charge in [0.05, 0.1) is 17.6 Å². The number of carboxylic acid groups (broad SMARTS) is 1. The minimum absolute atomic E-state index is 0.202. The highest BCUT2D eigenvalue weighted by molar-refractivity contribution is 5.70. The van der Waals surface area contributed by atoms with Crippen molar-refractivity contribution in [2.75, 3.05) is 6.54 Å². The molecule has 1 aromatic rings. The molecule has 0 spiro atoms. The molecule has 2 unspecified atom stereocenters. The Labute approximate surface area is 113 Å².